The predicted molar refractivity (Wildman–Crippen MR) is 59.6 cm³/mol. The third kappa shape index (κ3) is 2.70. The van der Waals surface area contributed by atoms with Crippen molar-refractivity contribution in [1.29, 1.82) is 0 Å². The lowest BCUT2D eigenvalue weighted by atomic mass is 10.2. The van der Waals surface area contributed by atoms with Crippen molar-refractivity contribution < 1.29 is 9.53 Å². The Hall–Kier alpha value is -2.10. The van der Waals surface area contributed by atoms with Crippen LogP contribution >= 0.6 is 0 Å². The molecule has 1 heterocycles. The molecule has 2 rings (SSSR count). The van der Waals surface area contributed by atoms with Crippen molar-refractivity contribution in [2.75, 3.05) is 6.61 Å². The predicted octanol–water partition coefficient (Wildman–Crippen LogP) is 1.77. The summed E-state index contributed by atoms with van der Waals surface area (Å²) in [6.45, 7) is 1.27. The lowest BCUT2D eigenvalue weighted by Gasteiger charge is -2.06. The molecule has 0 amide bonds. The molecule has 1 aromatic heterocycles. The van der Waals surface area contributed by atoms with Crippen molar-refractivity contribution in [3.8, 4) is 5.75 Å². The largest absolute Gasteiger partial charge is 0.492 e. The van der Waals surface area contributed by atoms with Crippen LogP contribution in [0.1, 0.15) is 10.4 Å². The van der Waals surface area contributed by atoms with E-state index < -0.39 is 0 Å². The molecule has 0 saturated heterocycles. The van der Waals surface area contributed by atoms with E-state index in [-0.39, 0.29) is 0 Å². The maximum absolute atomic E-state index is 10.4. The molecule has 2 aromatic rings. The fraction of sp³-hybridized carbons (Fsp3) is 0.167. The van der Waals surface area contributed by atoms with E-state index in [9.17, 15) is 4.79 Å². The van der Waals surface area contributed by atoms with E-state index in [1.165, 1.54) is 0 Å². The molecule has 0 aliphatic rings. The van der Waals surface area contributed by atoms with Gasteiger partial charge in [-0.15, -0.1) is 0 Å². The average Bonchev–Trinajstić information content (AvgIpc) is 2.83. The van der Waals surface area contributed by atoms with Crippen LogP contribution < -0.4 is 4.74 Å². The maximum atomic E-state index is 10.4. The highest BCUT2D eigenvalue weighted by molar-refractivity contribution is 5.74. The van der Waals surface area contributed by atoms with Gasteiger partial charge in [0.2, 0.25) is 0 Å². The Kier molecular flexibility index (Phi) is 3.33. The second-order valence-corrected chi connectivity index (χ2v) is 3.30. The summed E-state index contributed by atoms with van der Waals surface area (Å²) in [5, 5.41) is 4.07. The van der Waals surface area contributed by atoms with Crippen LogP contribution in [0.4, 0.5) is 0 Å². The summed E-state index contributed by atoms with van der Waals surface area (Å²) in [5.41, 5.74) is 0.652. The van der Waals surface area contributed by atoms with Gasteiger partial charge in [0.15, 0.2) is 0 Å². The van der Waals surface area contributed by atoms with E-state index in [0.29, 0.717) is 18.7 Å². The highest BCUT2D eigenvalue weighted by atomic mass is 16.5. The van der Waals surface area contributed by atoms with Crippen LogP contribution in [0.5, 0.6) is 5.75 Å². The fourth-order valence-corrected chi connectivity index (χ4v) is 1.33. The molecule has 0 aliphatic carbocycles. The lowest BCUT2D eigenvalue weighted by Crippen LogP contribution is -2.08. The van der Waals surface area contributed by atoms with Gasteiger partial charge in [-0.3, -0.25) is 9.48 Å². The number of carbonyl (C=O) groups is 1. The van der Waals surface area contributed by atoms with Gasteiger partial charge in [-0.05, 0) is 30.3 Å². The summed E-state index contributed by atoms with van der Waals surface area (Å²) >= 11 is 0. The molecule has 0 radical (unpaired) electrons. The first kappa shape index (κ1) is 10.4. The van der Waals surface area contributed by atoms with Gasteiger partial charge in [0, 0.05) is 18.0 Å². The van der Waals surface area contributed by atoms with Crippen molar-refractivity contribution in [2.24, 2.45) is 0 Å². The van der Waals surface area contributed by atoms with Crippen molar-refractivity contribution in [3.05, 3.63) is 48.3 Å². The van der Waals surface area contributed by atoms with Gasteiger partial charge in [-0.1, -0.05) is 0 Å². The minimum absolute atomic E-state index is 0.558. The first-order valence-corrected chi connectivity index (χ1v) is 5.04. The summed E-state index contributed by atoms with van der Waals surface area (Å²) in [6, 6.07) is 8.91. The van der Waals surface area contributed by atoms with Crippen LogP contribution in [0.2, 0.25) is 0 Å². The van der Waals surface area contributed by atoms with Crippen molar-refractivity contribution in [2.45, 2.75) is 6.54 Å². The molecule has 0 N–H and O–H groups in total. The molecule has 4 nitrogen and oxygen atoms in total. The third-order valence-corrected chi connectivity index (χ3v) is 2.16. The summed E-state index contributed by atoms with van der Waals surface area (Å²) < 4.78 is 7.31. The molecule has 0 bridgehead atoms. The summed E-state index contributed by atoms with van der Waals surface area (Å²) in [6.07, 6.45) is 4.44. The summed E-state index contributed by atoms with van der Waals surface area (Å²) in [5.74, 6) is 0.762. The van der Waals surface area contributed by atoms with Crippen LogP contribution in [-0.4, -0.2) is 22.7 Å². The minimum Gasteiger partial charge on any atom is -0.492 e. The highest BCUT2D eigenvalue weighted by Crippen LogP contribution is 2.10. The van der Waals surface area contributed by atoms with E-state index in [1.807, 2.05) is 12.3 Å². The monoisotopic (exact) mass is 216 g/mol. The second kappa shape index (κ2) is 5.11. The molecule has 82 valence electrons. The number of aldehydes is 1. The van der Waals surface area contributed by atoms with E-state index >= 15 is 0 Å². The molecular formula is C12H12N2O2. The zero-order chi connectivity index (χ0) is 11.2. The number of benzene rings is 1. The van der Waals surface area contributed by atoms with Crippen molar-refractivity contribution in [3.63, 3.8) is 0 Å². The molecule has 4 heteroatoms. The van der Waals surface area contributed by atoms with Crippen LogP contribution in [0, 0.1) is 0 Å². The molecular weight excluding hydrogens is 204 g/mol. The first-order valence-electron chi connectivity index (χ1n) is 5.04. The number of nitrogens with zero attached hydrogens (tertiary/aromatic N) is 2. The molecule has 0 aliphatic heterocycles. The Morgan fingerprint density at radius 2 is 2.12 bits per heavy atom. The number of aromatic nitrogens is 2. The molecule has 1 aromatic carbocycles. The highest BCUT2D eigenvalue weighted by Gasteiger charge is 1.95. The fourth-order valence-electron chi connectivity index (χ4n) is 1.33. The van der Waals surface area contributed by atoms with Crippen LogP contribution in [0.25, 0.3) is 0 Å². The van der Waals surface area contributed by atoms with Crippen LogP contribution in [-0.2, 0) is 6.54 Å². The van der Waals surface area contributed by atoms with E-state index in [0.717, 1.165) is 12.0 Å². The summed E-state index contributed by atoms with van der Waals surface area (Å²) in [7, 11) is 0. The van der Waals surface area contributed by atoms with Gasteiger partial charge in [0.05, 0.1) is 6.54 Å². The molecule has 0 atom stereocenters. The SMILES string of the molecule is O=Cc1ccc(OCCn2cccn2)cc1. The van der Waals surface area contributed by atoms with E-state index in [4.69, 9.17) is 4.74 Å². The quantitative estimate of drug-likeness (QED) is 0.715. The average molecular weight is 216 g/mol. The lowest BCUT2D eigenvalue weighted by molar-refractivity contribution is 0.112. The number of rotatable bonds is 5. The standard InChI is InChI=1S/C12H12N2O2/c15-10-11-2-4-12(5-3-11)16-9-8-14-7-1-6-13-14/h1-7,10H,8-9H2. The Labute approximate surface area is 93.5 Å². The molecule has 0 fully saturated rings. The van der Waals surface area contributed by atoms with E-state index in [2.05, 4.69) is 5.10 Å². The number of ether oxygens (including phenoxy) is 1. The van der Waals surface area contributed by atoms with Crippen LogP contribution in [0.3, 0.4) is 0 Å². The Bertz CT molecular complexity index is 435. The zero-order valence-corrected chi connectivity index (χ0v) is 8.74. The van der Waals surface area contributed by atoms with Gasteiger partial charge in [-0.2, -0.15) is 5.10 Å². The normalized spacial score (nSPS) is 10.0. The summed E-state index contributed by atoms with van der Waals surface area (Å²) in [4.78, 5) is 10.4. The minimum atomic E-state index is 0.558. The Morgan fingerprint density at radius 1 is 1.31 bits per heavy atom. The van der Waals surface area contributed by atoms with Gasteiger partial charge in [0.1, 0.15) is 18.6 Å². The molecule has 0 unspecified atom stereocenters. The van der Waals surface area contributed by atoms with Gasteiger partial charge in [0.25, 0.3) is 0 Å². The Morgan fingerprint density at radius 3 is 2.75 bits per heavy atom. The van der Waals surface area contributed by atoms with Crippen molar-refractivity contribution >= 4 is 6.29 Å². The van der Waals surface area contributed by atoms with Crippen molar-refractivity contribution in [1.82, 2.24) is 9.78 Å². The smallest absolute Gasteiger partial charge is 0.150 e. The third-order valence-electron chi connectivity index (χ3n) is 2.16. The topological polar surface area (TPSA) is 44.1 Å². The Balaban J connectivity index is 1.83. The number of hydrogen-bond donors (Lipinski definition) is 0. The number of carbonyl (C=O) groups excluding carboxylic acids is 1. The zero-order valence-electron chi connectivity index (χ0n) is 8.74. The van der Waals surface area contributed by atoms with Gasteiger partial charge < -0.3 is 4.74 Å². The molecule has 0 saturated carbocycles. The van der Waals surface area contributed by atoms with Gasteiger partial charge in [-0.25, -0.2) is 0 Å². The number of hydrogen-bond acceptors (Lipinski definition) is 3. The van der Waals surface area contributed by atoms with Gasteiger partial charge >= 0.3 is 0 Å². The first-order chi connectivity index (χ1) is 7.88. The molecule has 0 spiro atoms. The van der Waals surface area contributed by atoms with Crippen LogP contribution in [0.15, 0.2) is 42.7 Å². The maximum Gasteiger partial charge on any atom is 0.150 e. The van der Waals surface area contributed by atoms with E-state index in [1.54, 1.807) is 35.1 Å². The second-order valence-electron chi connectivity index (χ2n) is 3.30. The molecule has 16 heavy (non-hydrogen) atoms.